The summed E-state index contributed by atoms with van der Waals surface area (Å²) in [6.45, 7) is 1.86. The third-order valence-corrected chi connectivity index (χ3v) is 3.44. The number of pyridine rings is 1. The molecule has 0 radical (unpaired) electrons. The van der Waals surface area contributed by atoms with Gasteiger partial charge in [0.25, 0.3) is 5.91 Å². The number of halogens is 1. The SMILES string of the molecule is CC(NC(=O)c1cc(Cl)nc2ccccc12)c1ccco1. The van der Waals surface area contributed by atoms with Gasteiger partial charge in [0.15, 0.2) is 0 Å². The smallest absolute Gasteiger partial charge is 0.252 e. The first-order valence-electron chi connectivity index (χ1n) is 6.54. The van der Waals surface area contributed by atoms with Crippen LogP contribution in [0, 0.1) is 0 Å². The monoisotopic (exact) mass is 300 g/mol. The Morgan fingerprint density at radius 2 is 2.10 bits per heavy atom. The lowest BCUT2D eigenvalue weighted by atomic mass is 10.1. The van der Waals surface area contributed by atoms with Crippen molar-refractivity contribution < 1.29 is 9.21 Å². The molecule has 1 aromatic carbocycles. The van der Waals surface area contributed by atoms with Crippen molar-refractivity contribution >= 4 is 28.4 Å². The van der Waals surface area contributed by atoms with Gasteiger partial charge < -0.3 is 9.73 Å². The number of rotatable bonds is 3. The minimum atomic E-state index is -0.224. The highest BCUT2D eigenvalue weighted by molar-refractivity contribution is 6.30. The molecule has 0 bridgehead atoms. The number of fused-ring (bicyclic) bond motifs is 1. The van der Waals surface area contributed by atoms with Crippen molar-refractivity contribution in [1.82, 2.24) is 10.3 Å². The van der Waals surface area contributed by atoms with E-state index in [1.54, 1.807) is 18.4 Å². The van der Waals surface area contributed by atoms with Gasteiger partial charge in [0, 0.05) is 5.39 Å². The van der Waals surface area contributed by atoms with Crippen molar-refractivity contribution in [1.29, 1.82) is 0 Å². The molecular formula is C16H13ClN2O2. The van der Waals surface area contributed by atoms with Gasteiger partial charge in [-0.15, -0.1) is 0 Å². The van der Waals surface area contributed by atoms with E-state index < -0.39 is 0 Å². The van der Waals surface area contributed by atoms with Gasteiger partial charge in [0.2, 0.25) is 0 Å². The summed E-state index contributed by atoms with van der Waals surface area (Å²) >= 11 is 5.99. The molecule has 1 atom stereocenters. The second kappa shape index (κ2) is 5.58. The Bertz CT molecular complexity index is 784. The van der Waals surface area contributed by atoms with E-state index in [4.69, 9.17) is 16.0 Å². The molecule has 1 N–H and O–H groups in total. The van der Waals surface area contributed by atoms with Crippen LogP contribution in [0.3, 0.4) is 0 Å². The maximum Gasteiger partial charge on any atom is 0.252 e. The van der Waals surface area contributed by atoms with E-state index in [9.17, 15) is 4.79 Å². The number of furan rings is 1. The average Bonchev–Trinajstić information content (AvgIpc) is 3.00. The summed E-state index contributed by atoms with van der Waals surface area (Å²) in [6, 6.07) is 12.4. The molecule has 1 unspecified atom stereocenters. The Balaban J connectivity index is 1.94. The molecule has 0 aliphatic carbocycles. The Morgan fingerprint density at radius 1 is 1.29 bits per heavy atom. The highest BCUT2D eigenvalue weighted by Gasteiger charge is 2.16. The number of carbonyl (C=O) groups is 1. The molecule has 2 heterocycles. The molecule has 0 saturated carbocycles. The third-order valence-electron chi connectivity index (χ3n) is 3.25. The van der Waals surface area contributed by atoms with Crippen molar-refractivity contribution in [2.45, 2.75) is 13.0 Å². The van der Waals surface area contributed by atoms with E-state index >= 15 is 0 Å². The van der Waals surface area contributed by atoms with Gasteiger partial charge in [0.05, 0.1) is 23.4 Å². The molecule has 0 aliphatic rings. The number of amides is 1. The maximum absolute atomic E-state index is 12.5. The fourth-order valence-electron chi connectivity index (χ4n) is 2.21. The lowest BCUT2D eigenvalue weighted by molar-refractivity contribution is 0.0937. The van der Waals surface area contributed by atoms with Crippen LogP contribution in [0.15, 0.2) is 53.1 Å². The Hall–Kier alpha value is -2.33. The highest BCUT2D eigenvalue weighted by Crippen LogP contribution is 2.22. The number of benzene rings is 1. The third kappa shape index (κ3) is 2.76. The predicted molar refractivity (Wildman–Crippen MR) is 81.3 cm³/mol. The molecule has 0 saturated heterocycles. The molecule has 5 heteroatoms. The fraction of sp³-hybridized carbons (Fsp3) is 0.125. The Labute approximate surface area is 126 Å². The van der Waals surface area contributed by atoms with E-state index in [2.05, 4.69) is 10.3 Å². The first-order valence-corrected chi connectivity index (χ1v) is 6.92. The fourth-order valence-corrected chi connectivity index (χ4v) is 2.41. The van der Waals surface area contributed by atoms with E-state index in [-0.39, 0.29) is 11.9 Å². The number of nitrogens with one attached hydrogen (secondary N) is 1. The van der Waals surface area contributed by atoms with Crippen LogP contribution in [0.25, 0.3) is 10.9 Å². The van der Waals surface area contributed by atoms with Crippen molar-refractivity contribution in [3.8, 4) is 0 Å². The second-order valence-electron chi connectivity index (χ2n) is 4.72. The molecule has 3 aromatic rings. The zero-order chi connectivity index (χ0) is 14.8. The summed E-state index contributed by atoms with van der Waals surface area (Å²) in [4.78, 5) is 16.7. The number of carbonyl (C=O) groups excluding carboxylic acids is 1. The topological polar surface area (TPSA) is 55.1 Å². The summed E-state index contributed by atoms with van der Waals surface area (Å²) in [6.07, 6.45) is 1.58. The number of hydrogen-bond acceptors (Lipinski definition) is 3. The quantitative estimate of drug-likeness (QED) is 0.745. The van der Waals surface area contributed by atoms with E-state index in [1.165, 1.54) is 0 Å². The van der Waals surface area contributed by atoms with Crippen LogP contribution < -0.4 is 5.32 Å². The summed E-state index contributed by atoms with van der Waals surface area (Å²) in [5.74, 6) is 0.493. The first kappa shape index (κ1) is 13.6. The first-order chi connectivity index (χ1) is 10.1. The minimum absolute atomic E-state index is 0.209. The van der Waals surface area contributed by atoms with Crippen molar-refractivity contribution in [3.63, 3.8) is 0 Å². The zero-order valence-electron chi connectivity index (χ0n) is 11.3. The molecule has 21 heavy (non-hydrogen) atoms. The lowest BCUT2D eigenvalue weighted by Gasteiger charge is -2.13. The molecule has 106 valence electrons. The molecule has 1 amide bonds. The van der Waals surface area contributed by atoms with Gasteiger partial charge in [-0.05, 0) is 31.2 Å². The standard InChI is InChI=1S/C16H13ClN2O2/c1-10(14-7-4-8-21-14)18-16(20)12-9-15(17)19-13-6-3-2-5-11(12)13/h2-10H,1H3,(H,18,20). The lowest BCUT2D eigenvalue weighted by Crippen LogP contribution is -2.26. The molecule has 0 fully saturated rings. The average molecular weight is 301 g/mol. The van der Waals surface area contributed by atoms with Gasteiger partial charge in [-0.25, -0.2) is 4.98 Å². The van der Waals surface area contributed by atoms with Crippen molar-refractivity contribution in [3.05, 3.63) is 65.2 Å². The maximum atomic E-state index is 12.5. The number of para-hydroxylation sites is 1. The minimum Gasteiger partial charge on any atom is -0.467 e. The van der Waals surface area contributed by atoms with Crippen molar-refractivity contribution in [2.75, 3.05) is 0 Å². The summed E-state index contributed by atoms with van der Waals surface area (Å²) in [5.41, 5.74) is 1.20. The van der Waals surface area contributed by atoms with Crippen molar-refractivity contribution in [2.24, 2.45) is 0 Å². The summed E-state index contributed by atoms with van der Waals surface area (Å²) in [5, 5.41) is 3.96. The van der Waals surface area contributed by atoms with E-state index in [0.717, 1.165) is 5.39 Å². The van der Waals surface area contributed by atoms with Crippen LogP contribution in [-0.4, -0.2) is 10.9 Å². The number of nitrogens with zero attached hydrogens (tertiary/aromatic N) is 1. The Kier molecular flexibility index (Phi) is 3.62. The molecule has 0 spiro atoms. The van der Waals surface area contributed by atoms with Crippen LogP contribution in [0.1, 0.15) is 29.1 Å². The zero-order valence-corrected chi connectivity index (χ0v) is 12.1. The van der Waals surface area contributed by atoms with Gasteiger partial charge in [-0.2, -0.15) is 0 Å². The van der Waals surface area contributed by atoms with Crippen LogP contribution >= 0.6 is 11.6 Å². The van der Waals surface area contributed by atoms with Gasteiger partial charge in [0.1, 0.15) is 10.9 Å². The van der Waals surface area contributed by atoms with Gasteiger partial charge in [-0.3, -0.25) is 4.79 Å². The van der Waals surface area contributed by atoms with Crippen LogP contribution in [0.5, 0.6) is 0 Å². The highest BCUT2D eigenvalue weighted by atomic mass is 35.5. The van der Waals surface area contributed by atoms with Crippen LogP contribution in [-0.2, 0) is 0 Å². The van der Waals surface area contributed by atoms with E-state index in [0.29, 0.717) is 22.0 Å². The Morgan fingerprint density at radius 3 is 2.86 bits per heavy atom. The number of aromatic nitrogens is 1. The van der Waals surface area contributed by atoms with Gasteiger partial charge in [-0.1, -0.05) is 29.8 Å². The molecule has 4 nitrogen and oxygen atoms in total. The summed E-state index contributed by atoms with van der Waals surface area (Å²) < 4.78 is 5.29. The molecule has 3 rings (SSSR count). The molecule has 2 aromatic heterocycles. The molecule has 0 aliphatic heterocycles. The predicted octanol–water partition coefficient (Wildman–Crippen LogP) is 3.97. The van der Waals surface area contributed by atoms with Crippen LogP contribution in [0.2, 0.25) is 5.15 Å². The van der Waals surface area contributed by atoms with Gasteiger partial charge >= 0.3 is 0 Å². The number of hydrogen-bond donors (Lipinski definition) is 1. The normalized spacial score (nSPS) is 12.3. The molecular weight excluding hydrogens is 288 g/mol. The summed E-state index contributed by atoms with van der Waals surface area (Å²) in [7, 11) is 0. The second-order valence-corrected chi connectivity index (χ2v) is 5.11. The van der Waals surface area contributed by atoms with Crippen LogP contribution in [0.4, 0.5) is 0 Å². The largest absolute Gasteiger partial charge is 0.467 e. The van der Waals surface area contributed by atoms with E-state index in [1.807, 2.05) is 37.3 Å².